The Kier molecular flexibility index (Phi) is 7.74. The molecule has 2 rings (SSSR count). The average molecular weight is 407 g/mol. The van der Waals surface area contributed by atoms with Gasteiger partial charge in [-0.2, -0.15) is 11.8 Å². The standard InChI is InChI=1S/C20H26N2O3S2/c1-16-9-10-19(13-17(16)2)22(27(3,24)25)14-20(23)21-11-12-26-15-18-7-5-4-6-8-18/h4-10,13H,11-12,14-15H2,1-3H3,(H,21,23). The summed E-state index contributed by atoms with van der Waals surface area (Å²) in [6.07, 6.45) is 1.12. The van der Waals surface area contributed by atoms with Crippen LogP contribution in [0.2, 0.25) is 0 Å². The second-order valence-corrected chi connectivity index (χ2v) is 9.44. The number of carbonyl (C=O) groups is 1. The number of amides is 1. The molecule has 0 aliphatic heterocycles. The highest BCUT2D eigenvalue weighted by Crippen LogP contribution is 2.21. The molecule has 2 aromatic carbocycles. The van der Waals surface area contributed by atoms with Gasteiger partial charge in [-0.3, -0.25) is 9.10 Å². The van der Waals surface area contributed by atoms with Crippen LogP contribution in [-0.2, 0) is 20.6 Å². The van der Waals surface area contributed by atoms with Crippen LogP contribution in [0.3, 0.4) is 0 Å². The molecule has 7 heteroatoms. The lowest BCUT2D eigenvalue weighted by Gasteiger charge is -2.22. The molecule has 0 aliphatic rings. The summed E-state index contributed by atoms with van der Waals surface area (Å²) in [6.45, 7) is 4.17. The highest BCUT2D eigenvalue weighted by molar-refractivity contribution is 7.98. The van der Waals surface area contributed by atoms with Gasteiger partial charge in [0.05, 0.1) is 11.9 Å². The molecular weight excluding hydrogens is 380 g/mol. The van der Waals surface area contributed by atoms with Crippen LogP contribution in [0.15, 0.2) is 48.5 Å². The first-order chi connectivity index (χ1) is 12.8. The van der Waals surface area contributed by atoms with Crippen molar-refractivity contribution < 1.29 is 13.2 Å². The second kappa shape index (κ2) is 9.80. The van der Waals surface area contributed by atoms with Crippen molar-refractivity contribution in [1.29, 1.82) is 0 Å². The molecule has 0 saturated heterocycles. The zero-order chi connectivity index (χ0) is 19.9. The van der Waals surface area contributed by atoms with Gasteiger partial charge in [-0.1, -0.05) is 36.4 Å². The molecule has 0 heterocycles. The summed E-state index contributed by atoms with van der Waals surface area (Å²) in [4.78, 5) is 12.2. The molecule has 1 N–H and O–H groups in total. The number of hydrogen-bond acceptors (Lipinski definition) is 4. The monoisotopic (exact) mass is 406 g/mol. The van der Waals surface area contributed by atoms with E-state index >= 15 is 0 Å². The Labute approximate surface area is 166 Å². The molecular formula is C20H26N2O3S2. The Morgan fingerprint density at radius 2 is 1.78 bits per heavy atom. The van der Waals surface area contributed by atoms with Crippen LogP contribution in [0.4, 0.5) is 5.69 Å². The fourth-order valence-corrected chi connectivity index (χ4v) is 4.16. The van der Waals surface area contributed by atoms with Crippen molar-refractivity contribution in [3.05, 3.63) is 65.2 Å². The summed E-state index contributed by atoms with van der Waals surface area (Å²) in [5.74, 6) is 1.34. The number of aryl methyl sites for hydroxylation is 2. The Bertz CT molecular complexity index is 868. The van der Waals surface area contributed by atoms with E-state index in [4.69, 9.17) is 0 Å². The van der Waals surface area contributed by atoms with Crippen molar-refractivity contribution in [1.82, 2.24) is 5.32 Å². The third-order valence-electron chi connectivity index (χ3n) is 4.15. The smallest absolute Gasteiger partial charge is 0.240 e. The summed E-state index contributed by atoms with van der Waals surface area (Å²) in [5.41, 5.74) is 3.81. The number of hydrogen-bond donors (Lipinski definition) is 1. The van der Waals surface area contributed by atoms with Crippen molar-refractivity contribution in [3.63, 3.8) is 0 Å². The lowest BCUT2D eigenvalue weighted by atomic mass is 10.1. The molecule has 0 bridgehead atoms. The molecule has 0 fully saturated rings. The van der Waals surface area contributed by atoms with Crippen LogP contribution < -0.4 is 9.62 Å². The molecule has 27 heavy (non-hydrogen) atoms. The highest BCUT2D eigenvalue weighted by Gasteiger charge is 2.21. The first kappa shape index (κ1) is 21.3. The predicted molar refractivity (Wildman–Crippen MR) is 114 cm³/mol. The van der Waals surface area contributed by atoms with E-state index in [-0.39, 0.29) is 12.5 Å². The minimum Gasteiger partial charge on any atom is -0.354 e. The second-order valence-electron chi connectivity index (χ2n) is 6.43. The largest absolute Gasteiger partial charge is 0.354 e. The SMILES string of the molecule is Cc1ccc(N(CC(=O)NCCSCc2ccccc2)S(C)(=O)=O)cc1C. The molecule has 1 amide bonds. The maximum Gasteiger partial charge on any atom is 0.240 e. The third-order valence-corrected chi connectivity index (χ3v) is 6.32. The topological polar surface area (TPSA) is 66.5 Å². The molecule has 5 nitrogen and oxygen atoms in total. The molecule has 146 valence electrons. The first-order valence-electron chi connectivity index (χ1n) is 8.70. The molecule has 0 unspecified atom stereocenters. The first-order valence-corrected chi connectivity index (χ1v) is 11.7. The van der Waals surface area contributed by atoms with E-state index in [2.05, 4.69) is 17.4 Å². The van der Waals surface area contributed by atoms with Crippen LogP contribution in [-0.4, -0.2) is 39.4 Å². The predicted octanol–water partition coefficient (Wildman–Crippen LogP) is 3.12. The Hall–Kier alpha value is -1.99. The van der Waals surface area contributed by atoms with Crippen LogP contribution in [0.1, 0.15) is 16.7 Å². The Morgan fingerprint density at radius 3 is 2.41 bits per heavy atom. The minimum absolute atomic E-state index is 0.218. The van der Waals surface area contributed by atoms with Crippen LogP contribution in [0.5, 0.6) is 0 Å². The van der Waals surface area contributed by atoms with Gasteiger partial charge in [0.2, 0.25) is 15.9 Å². The van der Waals surface area contributed by atoms with E-state index < -0.39 is 10.0 Å². The molecule has 0 spiro atoms. The molecule has 0 aliphatic carbocycles. The lowest BCUT2D eigenvalue weighted by Crippen LogP contribution is -2.41. The van der Waals surface area contributed by atoms with Crippen molar-refractivity contribution in [3.8, 4) is 0 Å². The number of anilines is 1. The molecule has 0 saturated carbocycles. The minimum atomic E-state index is -3.55. The van der Waals surface area contributed by atoms with E-state index in [1.165, 1.54) is 5.56 Å². The van der Waals surface area contributed by atoms with Gasteiger partial charge in [0, 0.05) is 18.1 Å². The molecule has 2 aromatic rings. The number of nitrogens with one attached hydrogen (secondary N) is 1. The van der Waals surface area contributed by atoms with Gasteiger partial charge in [0.25, 0.3) is 0 Å². The van der Waals surface area contributed by atoms with E-state index in [9.17, 15) is 13.2 Å². The van der Waals surface area contributed by atoms with Crippen molar-refractivity contribution in [2.45, 2.75) is 19.6 Å². The van der Waals surface area contributed by atoms with Gasteiger partial charge >= 0.3 is 0 Å². The van der Waals surface area contributed by atoms with Gasteiger partial charge in [-0.15, -0.1) is 0 Å². The molecule has 0 aromatic heterocycles. The zero-order valence-electron chi connectivity index (χ0n) is 15.9. The maximum absolute atomic E-state index is 12.2. The summed E-state index contributed by atoms with van der Waals surface area (Å²) in [5, 5.41) is 2.80. The van der Waals surface area contributed by atoms with Crippen LogP contribution in [0, 0.1) is 13.8 Å². The Morgan fingerprint density at radius 1 is 1.07 bits per heavy atom. The van der Waals surface area contributed by atoms with Gasteiger partial charge < -0.3 is 5.32 Å². The quantitative estimate of drug-likeness (QED) is 0.650. The maximum atomic E-state index is 12.2. The fourth-order valence-electron chi connectivity index (χ4n) is 2.49. The van der Waals surface area contributed by atoms with E-state index in [1.807, 2.05) is 38.1 Å². The number of carbonyl (C=O) groups excluding carboxylic acids is 1. The van der Waals surface area contributed by atoms with Crippen molar-refractivity contribution >= 4 is 33.4 Å². The lowest BCUT2D eigenvalue weighted by molar-refractivity contribution is -0.119. The van der Waals surface area contributed by atoms with Gasteiger partial charge in [-0.25, -0.2) is 8.42 Å². The van der Waals surface area contributed by atoms with Crippen molar-refractivity contribution in [2.24, 2.45) is 0 Å². The summed E-state index contributed by atoms with van der Waals surface area (Å²) in [7, 11) is -3.55. The molecule has 0 atom stereocenters. The average Bonchev–Trinajstić information content (AvgIpc) is 2.62. The normalized spacial score (nSPS) is 11.2. The van der Waals surface area contributed by atoms with Crippen molar-refractivity contribution in [2.75, 3.05) is 29.4 Å². The number of nitrogens with zero attached hydrogens (tertiary/aromatic N) is 1. The van der Waals surface area contributed by atoms with Gasteiger partial charge in [0.1, 0.15) is 6.54 Å². The fraction of sp³-hybridized carbons (Fsp3) is 0.350. The van der Waals surface area contributed by atoms with Crippen LogP contribution >= 0.6 is 11.8 Å². The highest BCUT2D eigenvalue weighted by atomic mass is 32.2. The zero-order valence-corrected chi connectivity index (χ0v) is 17.6. The van der Waals surface area contributed by atoms with E-state index in [1.54, 1.807) is 23.9 Å². The number of benzene rings is 2. The van der Waals surface area contributed by atoms with Gasteiger partial charge in [-0.05, 0) is 42.7 Å². The number of sulfonamides is 1. The number of thioether (sulfide) groups is 1. The summed E-state index contributed by atoms with van der Waals surface area (Å²) < 4.78 is 25.4. The van der Waals surface area contributed by atoms with E-state index in [0.717, 1.165) is 33.2 Å². The summed E-state index contributed by atoms with van der Waals surface area (Å²) >= 11 is 1.73. The van der Waals surface area contributed by atoms with Crippen LogP contribution in [0.25, 0.3) is 0 Å². The number of rotatable bonds is 9. The third kappa shape index (κ3) is 6.92. The van der Waals surface area contributed by atoms with E-state index in [0.29, 0.717) is 12.2 Å². The Balaban J connectivity index is 1.86. The molecule has 0 radical (unpaired) electrons. The summed E-state index contributed by atoms with van der Waals surface area (Å²) in [6, 6.07) is 15.5. The van der Waals surface area contributed by atoms with Gasteiger partial charge in [0.15, 0.2) is 0 Å².